The van der Waals surface area contributed by atoms with Gasteiger partial charge < -0.3 is 5.32 Å². The summed E-state index contributed by atoms with van der Waals surface area (Å²) in [6.45, 7) is 1.17. The second-order valence-corrected chi connectivity index (χ2v) is 5.16. The average Bonchev–Trinajstić information content (AvgIpc) is 2.85. The first-order valence-electron chi connectivity index (χ1n) is 4.80. The molecule has 3 rings (SSSR count). The van der Waals surface area contributed by atoms with Gasteiger partial charge in [0.15, 0.2) is 0 Å². The van der Waals surface area contributed by atoms with Crippen LogP contribution >= 0.6 is 15.9 Å². The summed E-state index contributed by atoms with van der Waals surface area (Å²) in [4.78, 5) is 0. The van der Waals surface area contributed by atoms with Crippen LogP contribution in [0, 0.1) is 5.41 Å². The predicted octanol–water partition coefficient (Wildman–Crippen LogP) is 3.20. The van der Waals surface area contributed by atoms with Gasteiger partial charge in [0.05, 0.1) is 5.69 Å². The number of halogens is 1. The highest BCUT2D eigenvalue weighted by Crippen LogP contribution is 2.52. The molecule has 68 valence electrons. The Morgan fingerprint density at radius 1 is 1.31 bits per heavy atom. The molecule has 0 amide bonds. The zero-order chi connectivity index (χ0) is 8.89. The first kappa shape index (κ1) is 7.86. The molecule has 13 heavy (non-hydrogen) atoms. The van der Waals surface area contributed by atoms with E-state index in [-0.39, 0.29) is 0 Å². The van der Waals surface area contributed by atoms with Crippen molar-refractivity contribution in [1.29, 1.82) is 0 Å². The fourth-order valence-corrected chi connectivity index (χ4v) is 2.73. The normalized spacial score (nSPS) is 22.2. The zero-order valence-corrected chi connectivity index (χ0v) is 9.02. The Morgan fingerprint density at radius 2 is 2.15 bits per heavy atom. The molecule has 1 aliphatic heterocycles. The average molecular weight is 238 g/mol. The smallest absolute Gasteiger partial charge is 0.0517 e. The maximum Gasteiger partial charge on any atom is 0.0517 e. The van der Waals surface area contributed by atoms with Gasteiger partial charge in [-0.25, -0.2) is 0 Å². The number of hydrogen-bond acceptors (Lipinski definition) is 1. The van der Waals surface area contributed by atoms with Gasteiger partial charge in [-0.05, 0) is 52.2 Å². The van der Waals surface area contributed by atoms with Crippen LogP contribution in [0.25, 0.3) is 0 Å². The molecule has 0 aromatic heterocycles. The van der Waals surface area contributed by atoms with E-state index < -0.39 is 0 Å². The van der Waals surface area contributed by atoms with Crippen LogP contribution in [0.15, 0.2) is 22.7 Å². The van der Waals surface area contributed by atoms with Gasteiger partial charge in [0.25, 0.3) is 0 Å². The summed E-state index contributed by atoms with van der Waals surface area (Å²) >= 11 is 3.58. The third-order valence-corrected chi connectivity index (χ3v) is 3.92. The molecule has 0 bridgehead atoms. The van der Waals surface area contributed by atoms with E-state index in [2.05, 4.69) is 39.4 Å². The van der Waals surface area contributed by atoms with Gasteiger partial charge in [-0.3, -0.25) is 0 Å². The molecule has 1 aliphatic carbocycles. The molecule has 2 heteroatoms. The van der Waals surface area contributed by atoms with E-state index in [4.69, 9.17) is 0 Å². The number of anilines is 1. The highest BCUT2D eigenvalue weighted by Gasteiger charge is 2.44. The Balaban J connectivity index is 2.05. The first-order chi connectivity index (χ1) is 6.29. The van der Waals surface area contributed by atoms with Crippen LogP contribution in [-0.4, -0.2) is 6.54 Å². The Hall–Kier alpha value is -0.500. The van der Waals surface area contributed by atoms with Crippen molar-refractivity contribution < 1.29 is 0 Å². The van der Waals surface area contributed by atoms with Gasteiger partial charge in [0, 0.05) is 11.0 Å². The lowest BCUT2D eigenvalue weighted by Crippen LogP contribution is -2.24. The van der Waals surface area contributed by atoms with Crippen molar-refractivity contribution in [1.82, 2.24) is 0 Å². The highest BCUT2D eigenvalue weighted by molar-refractivity contribution is 9.10. The minimum Gasteiger partial charge on any atom is -0.383 e. The molecule has 1 saturated carbocycles. The first-order valence-corrected chi connectivity index (χ1v) is 5.60. The minimum absolute atomic E-state index is 0.633. The van der Waals surface area contributed by atoms with Crippen molar-refractivity contribution >= 4 is 21.6 Å². The van der Waals surface area contributed by atoms with Crippen LogP contribution in [0.3, 0.4) is 0 Å². The second kappa shape index (κ2) is 2.50. The Kier molecular flexibility index (Phi) is 1.51. The van der Waals surface area contributed by atoms with Gasteiger partial charge in [-0.15, -0.1) is 0 Å². The second-order valence-electron chi connectivity index (χ2n) is 4.30. The lowest BCUT2D eigenvalue weighted by Gasteiger charge is -2.26. The van der Waals surface area contributed by atoms with Crippen LogP contribution in [0.4, 0.5) is 5.69 Å². The van der Waals surface area contributed by atoms with Gasteiger partial charge in [0.1, 0.15) is 0 Å². The van der Waals surface area contributed by atoms with Gasteiger partial charge >= 0.3 is 0 Å². The quantitative estimate of drug-likeness (QED) is 0.731. The van der Waals surface area contributed by atoms with E-state index >= 15 is 0 Å². The van der Waals surface area contributed by atoms with Crippen molar-refractivity contribution in [3.63, 3.8) is 0 Å². The number of rotatable bonds is 0. The fourth-order valence-electron chi connectivity index (χ4n) is 2.19. The zero-order valence-electron chi connectivity index (χ0n) is 7.44. The summed E-state index contributed by atoms with van der Waals surface area (Å²) in [7, 11) is 0. The van der Waals surface area contributed by atoms with E-state index in [0.717, 1.165) is 0 Å². The molecule has 0 saturated heterocycles. The summed E-state index contributed by atoms with van der Waals surface area (Å²) in [5.41, 5.74) is 3.44. The summed E-state index contributed by atoms with van der Waals surface area (Å²) in [5, 5.41) is 3.54. The van der Waals surface area contributed by atoms with Crippen LogP contribution in [0.5, 0.6) is 0 Å². The molecule has 1 aromatic rings. The van der Waals surface area contributed by atoms with E-state index in [9.17, 15) is 0 Å². The third kappa shape index (κ3) is 1.19. The van der Waals surface area contributed by atoms with E-state index in [1.165, 1.54) is 41.5 Å². The fraction of sp³-hybridized carbons (Fsp3) is 0.455. The summed E-state index contributed by atoms with van der Waals surface area (Å²) in [6, 6.07) is 6.48. The van der Waals surface area contributed by atoms with Crippen molar-refractivity contribution in [2.45, 2.75) is 19.3 Å². The van der Waals surface area contributed by atoms with Crippen molar-refractivity contribution in [2.24, 2.45) is 5.41 Å². The number of nitrogens with one attached hydrogen (secondary N) is 1. The summed E-state index contributed by atoms with van der Waals surface area (Å²) in [5.74, 6) is 0. The van der Waals surface area contributed by atoms with Crippen LogP contribution in [0.2, 0.25) is 0 Å². The molecule has 1 heterocycles. The molecule has 1 N–H and O–H groups in total. The minimum atomic E-state index is 0.633. The van der Waals surface area contributed by atoms with E-state index in [1.807, 2.05) is 0 Å². The van der Waals surface area contributed by atoms with Gasteiger partial charge in [0.2, 0.25) is 0 Å². The molecular formula is C11H12BrN. The van der Waals surface area contributed by atoms with Crippen molar-refractivity contribution in [3.05, 3.63) is 28.2 Å². The molecule has 0 radical (unpaired) electrons. The predicted molar refractivity (Wildman–Crippen MR) is 58.0 cm³/mol. The number of fused-ring (bicyclic) bond motifs is 1. The standard InChI is InChI=1S/C11H12BrN/c12-9-3-1-2-8-6-11(4-5-11)7-13-10(8)9/h1-3,13H,4-7H2. The molecular weight excluding hydrogens is 226 g/mol. The summed E-state index contributed by atoms with van der Waals surface area (Å²) in [6.07, 6.45) is 4.09. The van der Waals surface area contributed by atoms with Crippen LogP contribution in [-0.2, 0) is 6.42 Å². The lowest BCUT2D eigenvalue weighted by molar-refractivity contribution is 0.523. The molecule has 0 atom stereocenters. The number of benzene rings is 1. The van der Waals surface area contributed by atoms with Crippen LogP contribution in [0.1, 0.15) is 18.4 Å². The Bertz CT molecular complexity index is 355. The molecule has 1 fully saturated rings. The van der Waals surface area contributed by atoms with Crippen molar-refractivity contribution in [3.8, 4) is 0 Å². The van der Waals surface area contributed by atoms with Crippen molar-refractivity contribution in [2.75, 3.05) is 11.9 Å². The molecule has 1 spiro atoms. The monoisotopic (exact) mass is 237 g/mol. The summed E-state index contributed by atoms with van der Waals surface area (Å²) < 4.78 is 1.21. The maximum atomic E-state index is 3.58. The lowest BCUT2D eigenvalue weighted by atomic mass is 9.91. The third-order valence-electron chi connectivity index (χ3n) is 3.26. The highest BCUT2D eigenvalue weighted by atomic mass is 79.9. The Morgan fingerprint density at radius 3 is 2.92 bits per heavy atom. The van der Waals surface area contributed by atoms with E-state index in [0.29, 0.717) is 5.41 Å². The topological polar surface area (TPSA) is 12.0 Å². The van der Waals surface area contributed by atoms with Gasteiger partial charge in [-0.1, -0.05) is 12.1 Å². The largest absolute Gasteiger partial charge is 0.383 e. The molecule has 2 aliphatic rings. The maximum absolute atomic E-state index is 3.58. The van der Waals surface area contributed by atoms with Gasteiger partial charge in [-0.2, -0.15) is 0 Å². The molecule has 0 unspecified atom stereocenters. The van der Waals surface area contributed by atoms with Crippen LogP contribution < -0.4 is 5.32 Å². The Labute approximate surface area is 86.7 Å². The number of hydrogen-bond donors (Lipinski definition) is 1. The molecule has 1 nitrogen and oxygen atoms in total. The van der Waals surface area contributed by atoms with E-state index in [1.54, 1.807) is 0 Å². The SMILES string of the molecule is Brc1cccc2c1NCC1(CC1)C2. The molecule has 1 aromatic carbocycles. The number of para-hydroxylation sites is 1.